The average molecular weight is 692 g/mol. The van der Waals surface area contributed by atoms with E-state index in [1.54, 1.807) is 23.1 Å². The first-order valence-electron chi connectivity index (χ1n) is 12.8. The number of pyridine rings is 1. The fraction of sp³-hybridized carbons (Fsp3) is 0.385. The predicted octanol–water partition coefficient (Wildman–Crippen LogP) is 7.24. The van der Waals surface area contributed by atoms with Crippen molar-refractivity contribution in [3.63, 3.8) is 0 Å². The Labute approximate surface area is 247 Å². The van der Waals surface area contributed by atoms with Crippen molar-refractivity contribution in [2.45, 2.75) is 48.8 Å². The van der Waals surface area contributed by atoms with E-state index < -0.39 is 0 Å². The standard InChI is InChI=1S/C26H24ClIN7PS2/c1-37-26-32-24(34-10-13-4-5-14(11-34)31-13)21-15-6-7-29-22(23(15)38-25(21)33-26)20-16-9-30-35(36-28)18(16)8-17(27)19(20)12-2-3-12/h6-9,12-14,31,36H,2-5,10-11H2,1H3. The summed E-state index contributed by atoms with van der Waals surface area (Å²) in [5.41, 5.74) is 4.44. The van der Waals surface area contributed by atoms with Crippen LogP contribution in [-0.4, -0.2) is 55.9 Å². The quantitative estimate of drug-likeness (QED) is 0.0902. The van der Waals surface area contributed by atoms with Gasteiger partial charge < -0.3 is 10.2 Å². The normalized spacial score (nSPS) is 21.7. The number of nitrogens with one attached hydrogen (secondary N) is 1. The van der Waals surface area contributed by atoms with Gasteiger partial charge in [0, 0.05) is 52.7 Å². The van der Waals surface area contributed by atoms with E-state index in [0.29, 0.717) is 24.4 Å². The van der Waals surface area contributed by atoms with E-state index in [1.165, 1.54) is 36.6 Å². The Bertz CT molecular complexity index is 1740. The van der Waals surface area contributed by atoms with Crippen molar-refractivity contribution in [3.05, 3.63) is 35.1 Å². The summed E-state index contributed by atoms with van der Waals surface area (Å²) in [5, 5.41) is 13.6. The molecule has 1 saturated carbocycles. The molecule has 3 fully saturated rings. The first-order valence-corrected chi connectivity index (χ1v) is 19.3. The molecule has 1 aromatic carbocycles. The number of halogens is 2. The maximum Gasteiger partial charge on any atom is 0.190 e. The summed E-state index contributed by atoms with van der Waals surface area (Å²) in [6.45, 7) is 1.98. The second-order valence-corrected chi connectivity index (χ2v) is 14.6. The van der Waals surface area contributed by atoms with E-state index in [0.717, 1.165) is 66.2 Å². The molecule has 1 aliphatic carbocycles. The molecule has 38 heavy (non-hydrogen) atoms. The number of hydrogen-bond donors (Lipinski definition) is 1. The predicted molar refractivity (Wildman–Crippen MR) is 170 cm³/mol. The molecule has 2 bridgehead atoms. The van der Waals surface area contributed by atoms with Crippen LogP contribution in [-0.2, 0) is 0 Å². The monoisotopic (exact) mass is 691 g/mol. The van der Waals surface area contributed by atoms with E-state index in [-0.39, 0.29) is 0 Å². The van der Waals surface area contributed by atoms with Gasteiger partial charge in [-0.25, -0.2) is 14.4 Å². The molecular weight excluding hydrogens is 668 g/mol. The molecule has 3 unspecified atom stereocenters. The maximum absolute atomic E-state index is 7.01. The van der Waals surface area contributed by atoms with Crippen molar-refractivity contribution in [2.24, 2.45) is 0 Å². The second kappa shape index (κ2) is 9.38. The van der Waals surface area contributed by atoms with Crippen LogP contribution in [0.3, 0.4) is 0 Å². The van der Waals surface area contributed by atoms with Crippen LogP contribution in [0, 0.1) is 0 Å². The number of piperazine rings is 1. The van der Waals surface area contributed by atoms with Crippen LogP contribution in [0.25, 0.3) is 42.5 Å². The van der Waals surface area contributed by atoms with Gasteiger partial charge in [0.05, 0.1) is 33.9 Å². The lowest BCUT2D eigenvalue weighted by atomic mass is 9.95. The lowest BCUT2D eigenvalue weighted by Crippen LogP contribution is -2.51. The van der Waals surface area contributed by atoms with Gasteiger partial charge in [-0.15, -0.1) is 11.3 Å². The third-order valence-electron chi connectivity index (χ3n) is 8.08. The Balaban J connectivity index is 1.41. The lowest BCUT2D eigenvalue weighted by molar-refractivity contribution is 0.463. The molecule has 2 saturated heterocycles. The van der Waals surface area contributed by atoms with Gasteiger partial charge in [-0.2, -0.15) is 5.10 Å². The van der Waals surface area contributed by atoms with Gasteiger partial charge in [-0.3, -0.25) is 4.98 Å². The van der Waals surface area contributed by atoms with E-state index in [1.807, 2.05) is 16.8 Å². The highest BCUT2D eigenvalue weighted by molar-refractivity contribution is 14.2. The van der Waals surface area contributed by atoms with Crippen molar-refractivity contribution in [1.82, 2.24) is 29.8 Å². The van der Waals surface area contributed by atoms with E-state index in [4.69, 9.17) is 31.7 Å². The number of rotatable bonds is 5. The smallest absolute Gasteiger partial charge is 0.190 e. The van der Waals surface area contributed by atoms with Crippen LogP contribution in [0.15, 0.2) is 29.7 Å². The third kappa shape index (κ3) is 3.81. The third-order valence-corrected chi connectivity index (χ3v) is 11.9. The summed E-state index contributed by atoms with van der Waals surface area (Å²) in [4.78, 5) is 18.7. The van der Waals surface area contributed by atoms with Gasteiger partial charge in [0.25, 0.3) is 0 Å². The molecule has 2 aliphatic heterocycles. The topological polar surface area (TPSA) is 71.8 Å². The molecule has 1 N–H and O–H groups in total. The number of thiophene rings is 1. The van der Waals surface area contributed by atoms with Crippen LogP contribution in [0.4, 0.5) is 5.82 Å². The molecule has 0 spiro atoms. The molecule has 0 amide bonds. The summed E-state index contributed by atoms with van der Waals surface area (Å²) >= 11 is 12.7. The highest BCUT2D eigenvalue weighted by Gasteiger charge is 2.35. The summed E-state index contributed by atoms with van der Waals surface area (Å²) < 4.78 is 3.20. The number of thioether (sulfide) groups is 1. The zero-order chi connectivity index (χ0) is 25.5. The van der Waals surface area contributed by atoms with Crippen LogP contribution in [0.1, 0.15) is 37.2 Å². The maximum atomic E-state index is 7.01. The summed E-state index contributed by atoms with van der Waals surface area (Å²) in [5.74, 6) is 1.55. The van der Waals surface area contributed by atoms with Crippen LogP contribution < -0.4 is 10.2 Å². The Hall–Kier alpha value is -1.30. The zero-order valence-corrected chi connectivity index (χ0v) is 26.1. The average Bonchev–Trinajstić information content (AvgIpc) is 3.44. The number of fused-ring (bicyclic) bond motifs is 6. The second-order valence-electron chi connectivity index (χ2n) is 10.4. The largest absolute Gasteiger partial charge is 0.353 e. The molecule has 5 aromatic rings. The lowest BCUT2D eigenvalue weighted by Gasteiger charge is -2.34. The highest BCUT2D eigenvalue weighted by Crippen LogP contribution is 2.52. The summed E-state index contributed by atoms with van der Waals surface area (Å²) in [7, 11) is 0. The molecule has 6 heterocycles. The van der Waals surface area contributed by atoms with Crippen molar-refractivity contribution in [1.29, 1.82) is 0 Å². The molecule has 3 atom stereocenters. The van der Waals surface area contributed by atoms with Crippen LogP contribution in [0.5, 0.6) is 0 Å². The molecular formula is C26H24ClIN7PS2. The van der Waals surface area contributed by atoms with Crippen molar-refractivity contribution < 1.29 is 0 Å². The van der Waals surface area contributed by atoms with Crippen molar-refractivity contribution in [3.8, 4) is 11.3 Å². The Morgan fingerprint density at radius 3 is 2.71 bits per heavy atom. The van der Waals surface area contributed by atoms with Gasteiger partial charge in [0.1, 0.15) is 10.6 Å². The molecule has 4 aromatic heterocycles. The number of aromatic nitrogens is 5. The van der Waals surface area contributed by atoms with Crippen LogP contribution in [0.2, 0.25) is 5.02 Å². The number of benzene rings is 1. The van der Waals surface area contributed by atoms with Gasteiger partial charge in [-0.1, -0.05) is 23.4 Å². The molecule has 0 radical (unpaired) electrons. The first-order chi connectivity index (χ1) is 18.6. The minimum Gasteiger partial charge on any atom is -0.353 e. The molecule has 12 heteroatoms. The minimum absolute atomic E-state index is 0.480. The molecule has 194 valence electrons. The number of anilines is 1. The van der Waals surface area contributed by atoms with Gasteiger partial charge in [0.2, 0.25) is 0 Å². The molecule has 3 aliphatic rings. The fourth-order valence-corrected chi connectivity index (χ4v) is 9.74. The Kier molecular flexibility index (Phi) is 6.05. The van der Waals surface area contributed by atoms with Crippen LogP contribution >= 0.6 is 63.1 Å². The van der Waals surface area contributed by atoms with Gasteiger partial charge in [-0.05, 0) is 77.6 Å². The Morgan fingerprint density at radius 1 is 1.16 bits per heavy atom. The number of nitrogens with zero attached hydrogens (tertiary/aromatic N) is 6. The fourth-order valence-electron chi connectivity index (χ4n) is 6.28. The Morgan fingerprint density at radius 2 is 1.97 bits per heavy atom. The van der Waals surface area contributed by atoms with Gasteiger partial charge >= 0.3 is 0 Å². The van der Waals surface area contributed by atoms with E-state index in [9.17, 15) is 0 Å². The summed E-state index contributed by atoms with van der Waals surface area (Å²) in [6.07, 6.45) is 11.3. The van der Waals surface area contributed by atoms with Gasteiger partial charge in [0.15, 0.2) is 5.16 Å². The van der Waals surface area contributed by atoms with E-state index in [2.05, 4.69) is 50.6 Å². The summed E-state index contributed by atoms with van der Waals surface area (Å²) in [6, 6.07) is 5.32. The minimum atomic E-state index is 0.480. The first kappa shape index (κ1) is 24.5. The van der Waals surface area contributed by atoms with Crippen molar-refractivity contribution >= 4 is 100 Å². The highest BCUT2D eigenvalue weighted by atomic mass is 127. The number of hydrogen-bond acceptors (Lipinski definition) is 8. The van der Waals surface area contributed by atoms with E-state index >= 15 is 0 Å². The molecule has 8 rings (SSSR count). The van der Waals surface area contributed by atoms with Crippen molar-refractivity contribution in [2.75, 3.05) is 24.2 Å². The SMILES string of the molecule is CSc1nc(N2CC3CCC(C2)N3)c2c(n1)sc1c(-c3c(C4CC4)c(Cl)cc4c3cnn4PI)nccc12. The zero-order valence-electron chi connectivity index (χ0n) is 20.5. The molecule has 7 nitrogen and oxygen atoms in total.